The molecule has 1 saturated heterocycles. The van der Waals surface area contributed by atoms with E-state index in [1.54, 1.807) is 28.4 Å². The summed E-state index contributed by atoms with van der Waals surface area (Å²) in [5, 5.41) is 35.9. The van der Waals surface area contributed by atoms with E-state index in [9.17, 15) is 15.5 Å². The fraction of sp³-hybridized carbons (Fsp3) is 0.533. The lowest BCUT2D eigenvalue weighted by molar-refractivity contribution is -0.0880. The maximum absolute atomic E-state index is 12.3. The summed E-state index contributed by atoms with van der Waals surface area (Å²) in [6.45, 7) is 18.2. The number of nitrogens with zero attached hydrogens (tertiary/aromatic N) is 3. The number of rotatable bonds is 13. The number of phenolic OH excluding ortho intramolecular Hbond substituents is 2. The number of methoxy groups -OCH3 is 4. The van der Waals surface area contributed by atoms with Gasteiger partial charge in [-0.3, -0.25) is 9.80 Å². The molecule has 3 aliphatic heterocycles. The Hall–Kier alpha value is -4.21. The first-order valence-corrected chi connectivity index (χ1v) is 22.1. The van der Waals surface area contributed by atoms with Crippen LogP contribution in [0.15, 0.2) is 36.4 Å². The normalized spacial score (nSPS) is 22.2. The molecule has 0 amide bonds. The van der Waals surface area contributed by atoms with E-state index >= 15 is 0 Å². The highest BCUT2D eigenvalue weighted by molar-refractivity contribution is 6.77. The average Bonchev–Trinajstić information content (AvgIpc) is 3.16. The van der Waals surface area contributed by atoms with Gasteiger partial charge in [0, 0.05) is 52.0 Å². The predicted octanol–water partition coefficient (Wildman–Crippen LogP) is 8.80. The first-order valence-electron chi connectivity index (χ1n) is 20.0. The smallest absolute Gasteiger partial charge is 0.200 e. The molecule has 10 nitrogen and oxygen atoms in total. The van der Waals surface area contributed by atoms with Crippen LogP contribution >= 0.6 is 0 Å². The van der Waals surface area contributed by atoms with Crippen molar-refractivity contribution < 1.29 is 33.6 Å². The fourth-order valence-electron chi connectivity index (χ4n) is 11.1. The Morgan fingerprint density at radius 1 is 0.768 bits per heavy atom. The van der Waals surface area contributed by atoms with E-state index in [1.165, 1.54) is 0 Å². The van der Waals surface area contributed by atoms with E-state index in [2.05, 4.69) is 81.7 Å². The molecule has 302 valence electrons. The Bertz CT molecular complexity index is 1970. The molecule has 0 spiro atoms. The Balaban J connectivity index is 1.64. The van der Waals surface area contributed by atoms with E-state index < -0.39 is 26.4 Å². The van der Waals surface area contributed by atoms with Gasteiger partial charge in [-0.25, -0.2) is 0 Å². The van der Waals surface area contributed by atoms with Gasteiger partial charge in [-0.2, -0.15) is 5.26 Å². The molecule has 5 atom stereocenters. The number of fused-ring (bicyclic) bond motifs is 7. The summed E-state index contributed by atoms with van der Waals surface area (Å²) >= 11 is 0. The fourth-order valence-corrected chi connectivity index (χ4v) is 16.5. The van der Waals surface area contributed by atoms with Crippen molar-refractivity contribution in [3.63, 3.8) is 0 Å². The molecule has 3 heterocycles. The molecule has 6 rings (SSSR count). The van der Waals surface area contributed by atoms with Crippen molar-refractivity contribution in [1.82, 2.24) is 9.80 Å². The van der Waals surface area contributed by atoms with Gasteiger partial charge in [-0.1, -0.05) is 84.0 Å². The van der Waals surface area contributed by atoms with Crippen LogP contribution in [0, 0.1) is 25.2 Å². The van der Waals surface area contributed by atoms with Crippen LogP contribution in [0.2, 0.25) is 16.6 Å². The summed E-state index contributed by atoms with van der Waals surface area (Å²) in [7, 11) is 4.01. The molecular weight excluding hydrogens is 723 g/mol. The van der Waals surface area contributed by atoms with Crippen LogP contribution in [0.4, 0.5) is 0 Å². The van der Waals surface area contributed by atoms with Crippen molar-refractivity contribution in [2.75, 3.05) is 41.6 Å². The van der Waals surface area contributed by atoms with E-state index in [0.717, 1.165) is 27.8 Å². The van der Waals surface area contributed by atoms with Gasteiger partial charge < -0.3 is 33.6 Å². The van der Waals surface area contributed by atoms with Crippen molar-refractivity contribution in [2.45, 2.75) is 115 Å². The zero-order chi connectivity index (χ0) is 40.8. The summed E-state index contributed by atoms with van der Waals surface area (Å²) < 4.78 is 31.4. The largest absolute Gasteiger partial charge is 0.504 e. The summed E-state index contributed by atoms with van der Waals surface area (Å²) in [5.74, 6) is 2.18. The standard InChI is InChI=1S/C45H61N3O7Si/c1-25(2)56(26(3)4,27(5)6)55-24-36-37-31(42(51-9)28(7)44(53-11)40(37)49)22-34-39-38-32(43(52-10)29(8)45(54-12)41(38)50)21-33(35(23-46)48(34)36)47(39)20-16-19-30-17-14-13-15-18-30/h13-19,25-27,33-36,39,49-50H,20-22,24H2,1-12H3/b19-16+/t33-,34-,35-,36-,39-/m0/s1. The maximum Gasteiger partial charge on any atom is 0.200 e. The van der Waals surface area contributed by atoms with Gasteiger partial charge in [0.1, 0.15) is 17.5 Å². The number of ether oxygens (including phenoxy) is 4. The van der Waals surface area contributed by atoms with Crippen molar-refractivity contribution in [3.05, 3.63) is 75.4 Å². The average molecular weight is 784 g/mol. The Kier molecular flexibility index (Phi) is 12.1. The quantitative estimate of drug-likeness (QED) is 0.163. The lowest BCUT2D eigenvalue weighted by Gasteiger charge is -2.61. The zero-order valence-corrected chi connectivity index (χ0v) is 36.3. The summed E-state index contributed by atoms with van der Waals surface area (Å²) in [6.07, 6.45) is 5.15. The van der Waals surface area contributed by atoms with Crippen molar-refractivity contribution >= 4 is 14.4 Å². The van der Waals surface area contributed by atoms with Crippen molar-refractivity contribution in [1.29, 1.82) is 5.26 Å². The minimum absolute atomic E-state index is 0.0519. The Labute approximate surface area is 334 Å². The Morgan fingerprint density at radius 2 is 1.27 bits per heavy atom. The second-order valence-electron chi connectivity index (χ2n) is 16.5. The number of hydrogen-bond donors (Lipinski definition) is 2. The van der Waals surface area contributed by atoms with Gasteiger partial charge in [-0.05, 0) is 48.9 Å². The van der Waals surface area contributed by atoms with Crippen LogP contribution in [0.25, 0.3) is 6.08 Å². The molecule has 0 saturated carbocycles. The molecule has 56 heavy (non-hydrogen) atoms. The maximum atomic E-state index is 12.3. The van der Waals surface area contributed by atoms with Gasteiger partial charge in [-0.15, -0.1) is 0 Å². The summed E-state index contributed by atoms with van der Waals surface area (Å²) in [4.78, 5) is 4.68. The summed E-state index contributed by atoms with van der Waals surface area (Å²) in [5.41, 5.74) is 6.65. The molecule has 1 fully saturated rings. The predicted molar refractivity (Wildman–Crippen MR) is 223 cm³/mol. The van der Waals surface area contributed by atoms with E-state index in [-0.39, 0.29) is 30.2 Å². The van der Waals surface area contributed by atoms with Crippen LogP contribution in [0.5, 0.6) is 34.5 Å². The highest BCUT2D eigenvalue weighted by Crippen LogP contribution is 2.59. The highest BCUT2D eigenvalue weighted by Gasteiger charge is 2.58. The first-order chi connectivity index (χ1) is 26.7. The van der Waals surface area contributed by atoms with Crippen LogP contribution in [-0.4, -0.2) is 88.0 Å². The second kappa shape index (κ2) is 16.3. The molecule has 2 N–H and O–H groups in total. The molecule has 0 aromatic heterocycles. The van der Waals surface area contributed by atoms with E-state index in [0.29, 0.717) is 70.1 Å². The number of hydrogen-bond acceptors (Lipinski definition) is 10. The first kappa shape index (κ1) is 41.4. The third kappa shape index (κ3) is 6.43. The van der Waals surface area contributed by atoms with Gasteiger partial charge in [0.2, 0.25) is 0 Å². The van der Waals surface area contributed by atoms with E-state index in [1.807, 2.05) is 32.0 Å². The lowest BCUT2D eigenvalue weighted by atomic mass is 9.71. The molecule has 3 aromatic rings. The summed E-state index contributed by atoms with van der Waals surface area (Å²) in [6, 6.07) is 10.8. The number of nitriles is 1. The van der Waals surface area contributed by atoms with Crippen molar-refractivity contribution in [2.24, 2.45) is 0 Å². The van der Waals surface area contributed by atoms with Crippen LogP contribution < -0.4 is 18.9 Å². The molecule has 3 aliphatic rings. The minimum Gasteiger partial charge on any atom is -0.504 e. The van der Waals surface area contributed by atoms with Gasteiger partial charge in [0.05, 0.1) is 53.2 Å². The zero-order valence-electron chi connectivity index (χ0n) is 35.3. The number of phenols is 2. The Morgan fingerprint density at radius 3 is 1.77 bits per heavy atom. The molecule has 0 unspecified atom stereocenters. The van der Waals surface area contributed by atoms with Crippen LogP contribution in [-0.2, 0) is 17.3 Å². The van der Waals surface area contributed by atoms with Crippen LogP contribution in [0.3, 0.4) is 0 Å². The topological polar surface area (TPSA) is 117 Å². The second-order valence-corrected chi connectivity index (χ2v) is 22.0. The molecule has 0 aliphatic carbocycles. The number of benzene rings is 3. The third-order valence-electron chi connectivity index (χ3n) is 13.1. The highest BCUT2D eigenvalue weighted by atomic mass is 28.4. The molecule has 0 radical (unpaired) electrons. The molecular formula is C45H61N3O7Si. The van der Waals surface area contributed by atoms with Gasteiger partial charge >= 0.3 is 0 Å². The van der Waals surface area contributed by atoms with Crippen LogP contribution in [0.1, 0.15) is 92.6 Å². The number of piperazine rings is 1. The molecule has 3 aromatic carbocycles. The number of aromatic hydroxyl groups is 2. The van der Waals surface area contributed by atoms with E-state index in [4.69, 9.17) is 23.4 Å². The monoisotopic (exact) mass is 783 g/mol. The molecule has 11 heteroatoms. The minimum atomic E-state index is -2.43. The van der Waals surface area contributed by atoms with Gasteiger partial charge in [0.15, 0.2) is 31.3 Å². The lowest BCUT2D eigenvalue weighted by Crippen LogP contribution is -2.69. The van der Waals surface area contributed by atoms with Crippen molar-refractivity contribution in [3.8, 4) is 40.6 Å². The SMILES string of the molecule is COc1c(C)c(OC)c2c(c1O)[C@@H]1[C@@H]3Cc4c(OC)c(C)c(OC)c(O)c4[C@H](CO[Si](C(C)C)(C(C)C)C(C)C)N3[C@@H](C#N)[C@H](C2)N1C/C=C/c1ccccc1. The molecule has 2 bridgehead atoms. The third-order valence-corrected chi connectivity index (χ3v) is 19.2. The van der Waals surface area contributed by atoms with Gasteiger partial charge in [0.25, 0.3) is 0 Å².